The lowest BCUT2D eigenvalue weighted by Crippen LogP contribution is -2.55. The number of aryl methyl sites for hydroxylation is 1. The SMILES string of the molecule is CCc1ccccc1NC(=O)CN(C)C(=O)C(C)N1CCN(C(=O)Cc2ccccc2Cl)CC1. The van der Waals surface area contributed by atoms with Crippen LogP contribution < -0.4 is 5.32 Å². The van der Waals surface area contributed by atoms with E-state index in [-0.39, 0.29) is 36.7 Å². The number of nitrogens with one attached hydrogen (secondary N) is 1. The van der Waals surface area contributed by atoms with Gasteiger partial charge in [-0.2, -0.15) is 0 Å². The molecule has 8 heteroatoms. The summed E-state index contributed by atoms with van der Waals surface area (Å²) >= 11 is 6.18. The quantitative estimate of drug-likeness (QED) is 0.625. The standard InChI is InChI=1S/C26H33ClN4O3/c1-4-20-9-6-8-12-23(20)28-24(32)18-29(3)26(34)19(2)30-13-15-31(16-14-30)25(33)17-21-10-5-7-11-22(21)27/h5-12,19H,4,13-18H2,1-3H3,(H,28,32). The van der Waals surface area contributed by atoms with Gasteiger partial charge in [-0.15, -0.1) is 0 Å². The van der Waals surface area contributed by atoms with Gasteiger partial charge in [0.05, 0.1) is 19.0 Å². The fourth-order valence-corrected chi connectivity index (χ4v) is 4.39. The van der Waals surface area contributed by atoms with Crippen LogP contribution in [0.5, 0.6) is 0 Å². The van der Waals surface area contributed by atoms with Crippen molar-refractivity contribution in [1.82, 2.24) is 14.7 Å². The van der Waals surface area contributed by atoms with Crippen molar-refractivity contribution in [3.8, 4) is 0 Å². The molecule has 0 aliphatic carbocycles. The monoisotopic (exact) mass is 484 g/mol. The number of para-hydroxylation sites is 1. The normalized spacial score (nSPS) is 15.0. The van der Waals surface area contributed by atoms with Crippen molar-refractivity contribution in [2.45, 2.75) is 32.7 Å². The summed E-state index contributed by atoms with van der Waals surface area (Å²) in [5.74, 6) is -0.304. The molecule has 3 rings (SSSR count). The Morgan fingerprint density at radius 3 is 2.26 bits per heavy atom. The number of benzene rings is 2. The number of carbonyl (C=O) groups is 3. The third-order valence-electron chi connectivity index (χ3n) is 6.30. The lowest BCUT2D eigenvalue weighted by molar-refractivity contribution is -0.139. The number of amides is 3. The first-order valence-electron chi connectivity index (χ1n) is 11.7. The van der Waals surface area contributed by atoms with Gasteiger partial charge in [0.15, 0.2) is 0 Å². The number of nitrogens with zero attached hydrogens (tertiary/aromatic N) is 3. The number of likely N-dealkylation sites (N-methyl/N-ethyl adjacent to an activating group) is 1. The van der Waals surface area contributed by atoms with Crippen molar-refractivity contribution < 1.29 is 14.4 Å². The third-order valence-corrected chi connectivity index (χ3v) is 6.67. The number of carbonyl (C=O) groups excluding carboxylic acids is 3. The summed E-state index contributed by atoms with van der Waals surface area (Å²) in [6.45, 7) is 6.18. The molecule has 1 heterocycles. The minimum Gasteiger partial charge on any atom is -0.340 e. The van der Waals surface area contributed by atoms with Gasteiger partial charge in [0.25, 0.3) is 0 Å². The highest BCUT2D eigenvalue weighted by atomic mass is 35.5. The van der Waals surface area contributed by atoms with Crippen molar-refractivity contribution in [3.05, 3.63) is 64.7 Å². The molecule has 0 aromatic heterocycles. The Morgan fingerprint density at radius 1 is 1.00 bits per heavy atom. The average Bonchev–Trinajstić information content (AvgIpc) is 2.84. The summed E-state index contributed by atoms with van der Waals surface area (Å²) in [5.41, 5.74) is 2.66. The molecule has 0 radical (unpaired) electrons. The predicted molar refractivity (Wildman–Crippen MR) is 135 cm³/mol. The van der Waals surface area contributed by atoms with Crippen molar-refractivity contribution in [2.24, 2.45) is 0 Å². The summed E-state index contributed by atoms with van der Waals surface area (Å²) < 4.78 is 0. The second-order valence-corrected chi connectivity index (χ2v) is 9.02. The predicted octanol–water partition coefficient (Wildman–Crippen LogP) is 3.07. The van der Waals surface area contributed by atoms with Crippen LogP contribution >= 0.6 is 11.6 Å². The van der Waals surface area contributed by atoms with Gasteiger partial charge in [-0.25, -0.2) is 0 Å². The van der Waals surface area contributed by atoms with E-state index in [0.717, 1.165) is 23.2 Å². The molecule has 1 fully saturated rings. The van der Waals surface area contributed by atoms with E-state index < -0.39 is 0 Å². The van der Waals surface area contributed by atoms with E-state index in [1.54, 1.807) is 13.1 Å². The molecule has 1 N–H and O–H groups in total. The highest BCUT2D eigenvalue weighted by Crippen LogP contribution is 2.18. The minimum atomic E-state index is -0.374. The van der Waals surface area contributed by atoms with Crippen LogP contribution in [0.15, 0.2) is 48.5 Å². The zero-order valence-corrected chi connectivity index (χ0v) is 20.8. The average molecular weight is 485 g/mol. The first kappa shape index (κ1) is 25.7. The van der Waals surface area contributed by atoms with Gasteiger partial charge in [0.2, 0.25) is 17.7 Å². The van der Waals surface area contributed by atoms with Crippen LogP contribution in [0, 0.1) is 0 Å². The zero-order chi connectivity index (χ0) is 24.7. The molecule has 1 atom stereocenters. The molecule has 0 spiro atoms. The summed E-state index contributed by atoms with van der Waals surface area (Å²) in [7, 11) is 1.65. The Bertz CT molecular complexity index is 1020. The Hall–Kier alpha value is -2.90. The van der Waals surface area contributed by atoms with Crippen LogP contribution in [0.2, 0.25) is 5.02 Å². The fourth-order valence-electron chi connectivity index (χ4n) is 4.18. The molecule has 0 saturated carbocycles. The maximum absolute atomic E-state index is 13.0. The summed E-state index contributed by atoms with van der Waals surface area (Å²) in [5, 5.41) is 3.50. The van der Waals surface area contributed by atoms with Crippen molar-refractivity contribution in [2.75, 3.05) is 45.1 Å². The van der Waals surface area contributed by atoms with E-state index in [1.165, 1.54) is 4.90 Å². The number of hydrogen-bond acceptors (Lipinski definition) is 4. The molecule has 2 aromatic carbocycles. The Morgan fingerprint density at radius 2 is 1.62 bits per heavy atom. The second-order valence-electron chi connectivity index (χ2n) is 8.61. The molecule has 34 heavy (non-hydrogen) atoms. The third kappa shape index (κ3) is 6.58. The number of rotatable bonds is 8. The Labute approximate surface area is 206 Å². The molecule has 1 aliphatic rings. The first-order chi connectivity index (χ1) is 16.3. The Kier molecular flexibility index (Phi) is 9.07. The molecular weight excluding hydrogens is 452 g/mol. The van der Waals surface area contributed by atoms with Crippen LogP contribution in [-0.4, -0.2) is 78.2 Å². The number of piperazine rings is 1. The lowest BCUT2D eigenvalue weighted by atomic mass is 10.1. The molecule has 3 amide bonds. The van der Waals surface area contributed by atoms with Crippen molar-refractivity contribution in [1.29, 1.82) is 0 Å². The molecule has 2 aromatic rings. The minimum absolute atomic E-state index is 0.0164. The van der Waals surface area contributed by atoms with Gasteiger partial charge in [-0.05, 0) is 36.6 Å². The largest absolute Gasteiger partial charge is 0.340 e. The van der Waals surface area contributed by atoms with Gasteiger partial charge >= 0.3 is 0 Å². The fraction of sp³-hybridized carbons (Fsp3) is 0.423. The van der Waals surface area contributed by atoms with E-state index in [0.29, 0.717) is 31.2 Å². The van der Waals surface area contributed by atoms with E-state index in [2.05, 4.69) is 10.2 Å². The van der Waals surface area contributed by atoms with Crippen LogP contribution in [0.4, 0.5) is 5.69 Å². The maximum Gasteiger partial charge on any atom is 0.243 e. The molecule has 182 valence electrons. The van der Waals surface area contributed by atoms with Gasteiger partial charge in [-0.1, -0.05) is 54.9 Å². The zero-order valence-electron chi connectivity index (χ0n) is 20.1. The summed E-state index contributed by atoms with van der Waals surface area (Å²) in [6.07, 6.45) is 1.09. The summed E-state index contributed by atoms with van der Waals surface area (Å²) in [6, 6.07) is 14.7. The van der Waals surface area contributed by atoms with Crippen LogP contribution in [0.25, 0.3) is 0 Å². The smallest absolute Gasteiger partial charge is 0.243 e. The van der Waals surface area contributed by atoms with Gasteiger partial charge < -0.3 is 15.1 Å². The second kappa shape index (κ2) is 12.0. The maximum atomic E-state index is 13.0. The van der Waals surface area contributed by atoms with E-state index in [4.69, 9.17) is 11.6 Å². The topological polar surface area (TPSA) is 73.0 Å². The number of anilines is 1. The Balaban J connectivity index is 1.47. The van der Waals surface area contributed by atoms with Crippen LogP contribution in [0.3, 0.4) is 0 Å². The molecule has 1 aliphatic heterocycles. The van der Waals surface area contributed by atoms with E-state index in [9.17, 15) is 14.4 Å². The van der Waals surface area contributed by atoms with E-state index in [1.807, 2.05) is 61.2 Å². The lowest BCUT2D eigenvalue weighted by Gasteiger charge is -2.38. The highest BCUT2D eigenvalue weighted by molar-refractivity contribution is 6.31. The van der Waals surface area contributed by atoms with Gasteiger partial charge in [-0.3, -0.25) is 19.3 Å². The number of halogens is 1. The molecule has 1 unspecified atom stereocenters. The van der Waals surface area contributed by atoms with Gasteiger partial charge in [0, 0.05) is 43.9 Å². The first-order valence-corrected chi connectivity index (χ1v) is 12.1. The summed E-state index contributed by atoms with van der Waals surface area (Å²) in [4.78, 5) is 43.5. The van der Waals surface area contributed by atoms with Crippen LogP contribution in [0.1, 0.15) is 25.0 Å². The van der Waals surface area contributed by atoms with Gasteiger partial charge in [0.1, 0.15) is 0 Å². The molecule has 1 saturated heterocycles. The molecule has 7 nitrogen and oxygen atoms in total. The van der Waals surface area contributed by atoms with Crippen LogP contribution in [-0.2, 0) is 27.2 Å². The van der Waals surface area contributed by atoms with Crippen molar-refractivity contribution >= 4 is 35.0 Å². The van der Waals surface area contributed by atoms with Crippen molar-refractivity contribution in [3.63, 3.8) is 0 Å². The van der Waals surface area contributed by atoms with E-state index >= 15 is 0 Å². The number of hydrogen-bond donors (Lipinski definition) is 1. The molecule has 0 bridgehead atoms. The highest BCUT2D eigenvalue weighted by Gasteiger charge is 2.29. The molecular formula is C26H33ClN4O3.